The third-order valence-corrected chi connectivity index (χ3v) is 4.45. The maximum atomic E-state index is 14.5. The zero-order valence-corrected chi connectivity index (χ0v) is 17.6. The minimum Gasteiger partial charge on any atom is -0.490 e. The van der Waals surface area contributed by atoms with Crippen LogP contribution in [0.1, 0.15) is 20.7 Å². The number of benzene rings is 2. The van der Waals surface area contributed by atoms with Gasteiger partial charge in [-0.25, -0.2) is 8.78 Å². The van der Waals surface area contributed by atoms with Crippen molar-refractivity contribution < 1.29 is 37.7 Å². The van der Waals surface area contributed by atoms with Gasteiger partial charge in [-0.1, -0.05) is 0 Å². The normalized spacial score (nSPS) is 10.4. The Bertz CT molecular complexity index is 1100. The Labute approximate surface area is 189 Å². The highest BCUT2D eigenvalue weighted by Gasteiger charge is 2.32. The van der Waals surface area contributed by atoms with E-state index in [-0.39, 0.29) is 13.1 Å². The number of nitrogens with two attached hydrogens (primary N) is 2. The number of carbonyl (C=O) groups is 2. The number of nitrogens with one attached hydrogen (secondary N) is 2. The van der Waals surface area contributed by atoms with Crippen molar-refractivity contribution in [3.05, 3.63) is 55.1 Å². The zero-order valence-electron chi connectivity index (χ0n) is 17.6. The van der Waals surface area contributed by atoms with Crippen LogP contribution in [0.15, 0.2) is 12.1 Å². The van der Waals surface area contributed by atoms with Gasteiger partial charge in [-0.2, -0.15) is 0 Å². The number of amides is 2. The highest BCUT2D eigenvalue weighted by atomic mass is 19.1. The highest BCUT2D eigenvalue weighted by Crippen LogP contribution is 2.41. The van der Waals surface area contributed by atoms with Gasteiger partial charge in [0.15, 0.2) is 23.0 Å². The van der Waals surface area contributed by atoms with Crippen LogP contribution >= 0.6 is 0 Å². The minimum atomic E-state index is -1.20. The van der Waals surface area contributed by atoms with E-state index in [0.717, 1.165) is 14.2 Å². The summed E-state index contributed by atoms with van der Waals surface area (Å²) in [5.74, 6) is -5.89. The van der Waals surface area contributed by atoms with Crippen LogP contribution in [0.2, 0.25) is 0 Å². The van der Waals surface area contributed by atoms with E-state index < -0.39 is 78.7 Å². The van der Waals surface area contributed by atoms with Gasteiger partial charge in [0, 0.05) is 13.1 Å². The Balaban J connectivity index is 2.37. The molecule has 6 N–H and O–H groups in total. The number of primary amides is 2. The molecule has 0 aliphatic rings. The van der Waals surface area contributed by atoms with E-state index in [1.54, 1.807) is 0 Å². The molecule has 0 fully saturated rings. The fourth-order valence-corrected chi connectivity index (χ4v) is 3.08. The molecule has 0 atom stereocenters. The standard InChI is InChI=1S/C18H18F2N6O8/c1-33-15-7(17(21)27)5-9(19)11(13(15)25(29)30)23-3-4-24-12-10(20)6-8(18(22)28)16(34-2)14(12)26(31)32/h5-6,23-24H,3-4H2,1-2H3,(H2,21,27)(H2,22,28). The summed E-state index contributed by atoms with van der Waals surface area (Å²) in [4.78, 5) is 43.9. The number of rotatable bonds is 11. The van der Waals surface area contributed by atoms with Crippen molar-refractivity contribution in [2.45, 2.75) is 0 Å². The number of carbonyl (C=O) groups excluding carboxylic acids is 2. The first-order valence-electron chi connectivity index (χ1n) is 9.13. The first kappa shape index (κ1) is 25.5. The van der Waals surface area contributed by atoms with Gasteiger partial charge in [0.1, 0.15) is 0 Å². The maximum Gasteiger partial charge on any atom is 0.337 e. The van der Waals surface area contributed by atoms with E-state index in [0.29, 0.717) is 12.1 Å². The second-order valence-electron chi connectivity index (χ2n) is 6.42. The molecule has 0 bridgehead atoms. The predicted molar refractivity (Wildman–Crippen MR) is 113 cm³/mol. The molecular formula is C18H18F2N6O8. The molecule has 0 spiro atoms. The Kier molecular flexibility index (Phi) is 7.68. The number of anilines is 2. The molecule has 34 heavy (non-hydrogen) atoms. The Hall–Kier alpha value is -4.76. The number of halogens is 2. The van der Waals surface area contributed by atoms with Gasteiger partial charge in [-0.15, -0.1) is 0 Å². The summed E-state index contributed by atoms with van der Waals surface area (Å²) in [6.45, 7) is -0.652. The SMILES string of the molecule is COc1c(C(N)=O)cc(F)c(NCCNc2c(F)cc(C(N)=O)c(OC)c2[N+](=O)[O-])c1[N+](=O)[O-]. The van der Waals surface area contributed by atoms with Gasteiger partial charge < -0.3 is 31.6 Å². The minimum absolute atomic E-state index is 0.326. The lowest BCUT2D eigenvalue weighted by molar-refractivity contribution is -0.385. The van der Waals surface area contributed by atoms with E-state index in [1.807, 2.05) is 0 Å². The summed E-state index contributed by atoms with van der Waals surface area (Å²) in [7, 11) is 2.03. The maximum absolute atomic E-state index is 14.5. The lowest BCUT2D eigenvalue weighted by atomic mass is 10.1. The van der Waals surface area contributed by atoms with Gasteiger partial charge in [0.25, 0.3) is 11.8 Å². The van der Waals surface area contributed by atoms with Gasteiger partial charge in [-0.3, -0.25) is 29.8 Å². The van der Waals surface area contributed by atoms with Crippen LogP contribution < -0.4 is 31.6 Å². The largest absolute Gasteiger partial charge is 0.490 e. The van der Waals surface area contributed by atoms with Gasteiger partial charge >= 0.3 is 11.4 Å². The van der Waals surface area contributed by atoms with Gasteiger partial charge in [0.05, 0.1) is 35.2 Å². The summed E-state index contributed by atoms with van der Waals surface area (Å²) in [6.07, 6.45) is 0. The molecular weight excluding hydrogens is 466 g/mol. The third-order valence-electron chi connectivity index (χ3n) is 4.45. The molecule has 2 rings (SSSR count). The predicted octanol–water partition coefficient (Wildman–Crippen LogP) is 1.52. The number of nitro benzene ring substituents is 2. The van der Waals surface area contributed by atoms with Crippen molar-refractivity contribution in [3.8, 4) is 11.5 Å². The number of nitrogens with zero attached hydrogens (tertiary/aromatic N) is 2. The smallest absolute Gasteiger partial charge is 0.337 e. The van der Waals surface area contributed by atoms with Crippen molar-refractivity contribution in [2.75, 3.05) is 37.9 Å². The molecule has 0 unspecified atom stereocenters. The monoisotopic (exact) mass is 484 g/mol. The quantitative estimate of drug-likeness (QED) is 0.205. The highest BCUT2D eigenvalue weighted by molar-refractivity contribution is 5.99. The number of hydrogen-bond acceptors (Lipinski definition) is 10. The van der Waals surface area contributed by atoms with Crippen LogP contribution in [-0.2, 0) is 0 Å². The summed E-state index contributed by atoms with van der Waals surface area (Å²) in [6, 6.07) is 1.28. The van der Waals surface area contributed by atoms with Crippen LogP contribution in [0.5, 0.6) is 11.5 Å². The lowest BCUT2D eigenvalue weighted by Gasteiger charge is -2.15. The zero-order chi connectivity index (χ0) is 25.7. The van der Waals surface area contributed by atoms with E-state index >= 15 is 0 Å². The van der Waals surface area contributed by atoms with Gasteiger partial charge in [-0.05, 0) is 12.1 Å². The Morgan fingerprint density at radius 2 is 1.18 bits per heavy atom. The lowest BCUT2D eigenvalue weighted by Crippen LogP contribution is -2.20. The average molecular weight is 484 g/mol. The molecule has 2 amide bonds. The number of hydrogen-bond donors (Lipinski definition) is 4. The third kappa shape index (κ3) is 4.84. The van der Waals surface area contributed by atoms with Crippen molar-refractivity contribution in [1.82, 2.24) is 0 Å². The molecule has 2 aromatic rings. The van der Waals surface area contributed by atoms with E-state index in [1.165, 1.54) is 0 Å². The average Bonchev–Trinajstić information content (AvgIpc) is 2.76. The van der Waals surface area contributed by atoms with Crippen LogP contribution in [0, 0.1) is 31.9 Å². The summed E-state index contributed by atoms with van der Waals surface area (Å²) in [5, 5.41) is 27.7. The molecule has 0 aromatic heterocycles. The van der Waals surface area contributed by atoms with Crippen molar-refractivity contribution in [2.24, 2.45) is 11.5 Å². The Morgan fingerprint density at radius 1 is 0.853 bits per heavy atom. The molecule has 182 valence electrons. The van der Waals surface area contributed by atoms with E-state index in [2.05, 4.69) is 10.6 Å². The fourth-order valence-electron chi connectivity index (χ4n) is 3.08. The Morgan fingerprint density at radius 3 is 1.41 bits per heavy atom. The molecule has 0 saturated heterocycles. The number of methoxy groups -OCH3 is 2. The molecule has 0 radical (unpaired) electrons. The van der Waals surface area contributed by atoms with Crippen LogP contribution in [0.3, 0.4) is 0 Å². The van der Waals surface area contributed by atoms with Gasteiger partial charge in [0.2, 0.25) is 11.5 Å². The van der Waals surface area contributed by atoms with Crippen molar-refractivity contribution in [3.63, 3.8) is 0 Å². The molecule has 0 saturated carbocycles. The molecule has 2 aromatic carbocycles. The second-order valence-corrected chi connectivity index (χ2v) is 6.42. The topological polar surface area (TPSA) is 215 Å². The number of ether oxygens (including phenoxy) is 2. The molecule has 14 nitrogen and oxygen atoms in total. The summed E-state index contributed by atoms with van der Waals surface area (Å²) >= 11 is 0. The first-order chi connectivity index (χ1) is 16.0. The van der Waals surface area contributed by atoms with Crippen LogP contribution in [0.4, 0.5) is 31.5 Å². The molecule has 0 heterocycles. The van der Waals surface area contributed by atoms with E-state index in [9.17, 15) is 38.6 Å². The molecule has 16 heteroatoms. The first-order valence-corrected chi connectivity index (χ1v) is 9.13. The second kappa shape index (κ2) is 10.2. The summed E-state index contributed by atoms with van der Waals surface area (Å²) in [5.41, 5.74) is 5.93. The molecule has 0 aliphatic carbocycles. The summed E-state index contributed by atoms with van der Waals surface area (Å²) < 4.78 is 38.7. The van der Waals surface area contributed by atoms with Crippen LogP contribution in [-0.4, -0.2) is 49.0 Å². The molecule has 0 aliphatic heterocycles. The number of nitro groups is 2. The fraction of sp³-hybridized carbons (Fsp3) is 0.222. The van der Waals surface area contributed by atoms with Crippen molar-refractivity contribution >= 4 is 34.6 Å². The van der Waals surface area contributed by atoms with Crippen LogP contribution in [0.25, 0.3) is 0 Å². The van der Waals surface area contributed by atoms with E-state index in [4.69, 9.17) is 20.9 Å². The van der Waals surface area contributed by atoms with Crippen molar-refractivity contribution in [1.29, 1.82) is 0 Å².